The molecular formula is C8H15NO2. The van der Waals surface area contributed by atoms with E-state index in [1.165, 1.54) is 0 Å². The van der Waals surface area contributed by atoms with Gasteiger partial charge < -0.3 is 15.5 Å². The fourth-order valence-electron chi connectivity index (χ4n) is 2.48. The molecular weight excluding hydrogens is 142 g/mol. The van der Waals surface area contributed by atoms with Crippen molar-refractivity contribution in [1.29, 1.82) is 0 Å². The Balaban J connectivity index is 2.14. The van der Waals surface area contributed by atoms with Crippen molar-refractivity contribution in [3.05, 3.63) is 0 Å². The van der Waals surface area contributed by atoms with Gasteiger partial charge in [-0.15, -0.1) is 0 Å². The van der Waals surface area contributed by atoms with Gasteiger partial charge in [0.1, 0.15) is 0 Å². The van der Waals surface area contributed by atoms with Crippen molar-refractivity contribution in [2.24, 2.45) is 11.8 Å². The highest BCUT2D eigenvalue weighted by molar-refractivity contribution is 5.01. The van der Waals surface area contributed by atoms with Crippen LogP contribution in [0.5, 0.6) is 0 Å². The highest BCUT2D eigenvalue weighted by Crippen LogP contribution is 2.41. The second kappa shape index (κ2) is 2.44. The van der Waals surface area contributed by atoms with Gasteiger partial charge in [0, 0.05) is 12.5 Å². The standard InChI is InChI=1S/C8H15NO2/c10-5-8(11)2-1-6-3-9-4-7(6)8/h6-7,9-11H,1-5H2. The van der Waals surface area contributed by atoms with Gasteiger partial charge in [-0.25, -0.2) is 0 Å². The van der Waals surface area contributed by atoms with E-state index in [2.05, 4.69) is 5.32 Å². The number of hydrogen-bond acceptors (Lipinski definition) is 3. The largest absolute Gasteiger partial charge is 0.393 e. The monoisotopic (exact) mass is 157 g/mol. The zero-order valence-corrected chi connectivity index (χ0v) is 6.58. The molecule has 2 aliphatic rings. The molecule has 0 spiro atoms. The summed E-state index contributed by atoms with van der Waals surface area (Å²) in [5.74, 6) is 0.902. The number of fused-ring (bicyclic) bond motifs is 1. The van der Waals surface area contributed by atoms with Gasteiger partial charge in [0.15, 0.2) is 0 Å². The lowest BCUT2D eigenvalue weighted by Gasteiger charge is -2.26. The van der Waals surface area contributed by atoms with E-state index in [9.17, 15) is 5.11 Å². The van der Waals surface area contributed by atoms with E-state index in [1.807, 2.05) is 0 Å². The number of aliphatic hydroxyl groups excluding tert-OH is 1. The number of nitrogens with one attached hydrogen (secondary N) is 1. The van der Waals surface area contributed by atoms with Gasteiger partial charge in [-0.05, 0) is 25.3 Å². The highest BCUT2D eigenvalue weighted by atomic mass is 16.3. The van der Waals surface area contributed by atoms with Crippen LogP contribution in [-0.2, 0) is 0 Å². The summed E-state index contributed by atoms with van der Waals surface area (Å²) in [5, 5.41) is 22.1. The molecule has 0 aromatic rings. The molecule has 1 heterocycles. The van der Waals surface area contributed by atoms with Crippen LogP contribution in [0.15, 0.2) is 0 Å². The number of aliphatic hydroxyl groups is 2. The van der Waals surface area contributed by atoms with Crippen LogP contribution in [0.4, 0.5) is 0 Å². The van der Waals surface area contributed by atoms with E-state index in [4.69, 9.17) is 5.11 Å². The van der Waals surface area contributed by atoms with Gasteiger partial charge in [0.05, 0.1) is 12.2 Å². The van der Waals surface area contributed by atoms with Gasteiger partial charge in [-0.3, -0.25) is 0 Å². The third-order valence-electron chi connectivity index (χ3n) is 3.25. The average molecular weight is 157 g/mol. The molecule has 3 unspecified atom stereocenters. The highest BCUT2D eigenvalue weighted by Gasteiger charge is 2.48. The second-order valence-corrected chi connectivity index (χ2v) is 3.83. The molecule has 3 N–H and O–H groups in total. The van der Waals surface area contributed by atoms with Gasteiger partial charge >= 0.3 is 0 Å². The number of rotatable bonds is 1. The predicted octanol–water partition coefficient (Wildman–Crippen LogP) is -0.661. The molecule has 1 saturated carbocycles. The van der Waals surface area contributed by atoms with Crippen molar-refractivity contribution < 1.29 is 10.2 Å². The van der Waals surface area contributed by atoms with Gasteiger partial charge in [0.25, 0.3) is 0 Å². The first-order valence-electron chi connectivity index (χ1n) is 4.30. The molecule has 2 rings (SSSR count). The van der Waals surface area contributed by atoms with Crippen LogP contribution in [0, 0.1) is 11.8 Å². The quantitative estimate of drug-likeness (QED) is 0.473. The van der Waals surface area contributed by atoms with E-state index >= 15 is 0 Å². The third-order valence-corrected chi connectivity index (χ3v) is 3.25. The van der Waals surface area contributed by atoms with E-state index in [-0.39, 0.29) is 6.61 Å². The molecule has 2 fully saturated rings. The zero-order valence-electron chi connectivity index (χ0n) is 6.58. The smallest absolute Gasteiger partial charge is 0.0920 e. The summed E-state index contributed by atoms with van der Waals surface area (Å²) in [4.78, 5) is 0. The molecule has 11 heavy (non-hydrogen) atoms. The zero-order chi connectivity index (χ0) is 7.90. The van der Waals surface area contributed by atoms with Gasteiger partial charge in [-0.2, -0.15) is 0 Å². The summed E-state index contributed by atoms with van der Waals surface area (Å²) < 4.78 is 0. The Morgan fingerprint density at radius 1 is 1.45 bits per heavy atom. The van der Waals surface area contributed by atoms with Crippen LogP contribution in [0.25, 0.3) is 0 Å². The minimum atomic E-state index is -0.770. The van der Waals surface area contributed by atoms with Crippen molar-refractivity contribution in [2.75, 3.05) is 19.7 Å². The fraction of sp³-hybridized carbons (Fsp3) is 1.00. The Hall–Kier alpha value is -0.120. The normalized spacial score (nSPS) is 49.6. The second-order valence-electron chi connectivity index (χ2n) is 3.83. The SMILES string of the molecule is OCC1(O)CCC2CNCC21. The summed E-state index contributed by atoms with van der Waals surface area (Å²) in [5.41, 5.74) is -0.770. The molecule has 1 aliphatic carbocycles. The lowest BCUT2D eigenvalue weighted by atomic mass is 9.89. The Morgan fingerprint density at radius 2 is 2.27 bits per heavy atom. The summed E-state index contributed by atoms with van der Waals surface area (Å²) in [6.07, 6.45) is 1.84. The third kappa shape index (κ3) is 0.991. The van der Waals surface area contributed by atoms with Crippen LogP contribution < -0.4 is 5.32 Å². The first kappa shape index (κ1) is 7.53. The Bertz CT molecular complexity index is 162. The first-order chi connectivity index (χ1) is 5.26. The molecule has 0 radical (unpaired) electrons. The molecule has 3 nitrogen and oxygen atoms in total. The minimum Gasteiger partial charge on any atom is -0.393 e. The topological polar surface area (TPSA) is 52.5 Å². The van der Waals surface area contributed by atoms with Crippen molar-refractivity contribution in [2.45, 2.75) is 18.4 Å². The van der Waals surface area contributed by atoms with Crippen molar-refractivity contribution in [1.82, 2.24) is 5.32 Å². The molecule has 0 amide bonds. The molecule has 0 bridgehead atoms. The maximum atomic E-state index is 9.88. The van der Waals surface area contributed by atoms with Crippen LogP contribution in [0.1, 0.15) is 12.8 Å². The van der Waals surface area contributed by atoms with Crippen LogP contribution in [0.2, 0.25) is 0 Å². The van der Waals surface area contributed by atoms with Crippen LogP contribution >= 0.6 is 0 Å². The summed E-state index contributed by atoms with van der Waals surface area (Å²) in [6.45, 7) is 1.82. The lowest BCUT2D eigenvalue weighted by Crippen LogP contribution is -2.40. The van der Waals surface area contributed by atoms with Crippen LogP contribution in [-0.4, -0.2) is 35.5 Å². The predicted molar refractivity (Wildman–Crippen MR) is 41.1 cm³/mol. The molecule has 1 aliphatic heterocycles. The number of hydrogen-bond donors (Lipinski definition) is 3. The van der Waals surface area contributed by atoms with E-state index < -0.39 is 5.60 Å². The summed E-state index contributed by atoms with van der Waals surface area (Å²) in [6, 6.07) is 0. The maximum Gasteiger partial charge on any atom is 0.0920 e. The Kier molecular flexibility index (Phi) is 1.67. The van der Waals surface area contributed by atoms with E-state index in [0.717, 1.165) is 25.9 Å². The molecule has 3 atom stereocenters. The average Bonchev–Trinajstić information content (AvgIpc) is 2.55. The fourth-order valence-corrected chi connectivity index (χ4v) is 2.48. The lowest BCUT2D eigenvalue weighted by molar-refractivity contribution is -0.0438. The molecule has 64 valence electrons. The van der Waals surface area contributed by atoms with Gasteiger partial charge in [0.2, 0.25) is 0 Å². The van der Waals surface area contributed by atoms with Crippen molar-refractivity contribution in [3.63, 3.8) is 0 Å². The molecule has 0 aromatic heterocycles. The minimum absolute atomic E-state index is 0.0736. The molecule has 0 aromatic carbocycles. The maximum absolute atomic E-state index is 9.88. The molecule has 1 saturated heterocycles. The van der Waals surface area contributed by atoms with Gasteiger partial charge in [-0.1, -0.05) is 0 Å². The summed E-state index contributed by atoms with van der Waals surface area (Å²) in [7, 11) is 0. The van der Waals surface area contributed by atoms with Crippen LogP contribution in [0.3, 0.4) is 0 Å². The Morgan fingerprint density at radius 3 is 3.00 bits per heavy atom. The van der Waals surface area contributed by atoms with E-state index in [1.54, 1.807) is 0 Å². The van der Waals surface area contributed by atoms with Crippen molar-refractivity contribution >= 4 is 0 Å². The van der Waals surface area contributed by atoms with Crippen molar-refractivity contribution in [3.8, 4) is 0 Å². The summed E-state index contributed by atoms with van der Waals surface area (Å²) >= 11 is 0. The first-order valence-corrected chi connectivity index (χ1v) is 4.30. The molecule has 3 heteroatoms. The van der Waals surface area contributed by atoms with E-state index in [0.29, 0.717) is 11.8 Å². The Labute approximate surface area is 66.4 Å².